The lowest BCUT2D eigenvalue weighted by molar-refractivity contribution is 0.0175. The van der Waals surface area contributed by atoms with E-state index in [2.05, 4.69) is 28.7 Å². The van der Waals surface area contributed by atoms with Gasteiger partial charge in [0, 0.05) is 45.3 Å². The average molecular weight is 331 g/mol. The minimum atomic E-state index is -1.08. The average Bonchev–Trinajstić information content (AvgIpc) is 3.00. The molecule has 2 fully saturated rings. The molecule has 3 heterocycles. The first-order chi connectivity index (χ1) is 11.3. The fourth-order valence-corrected chi connectivity index (χ4v) is 3.19. The summed E-state index contributed by atoms with van der Waals surface area (Å²) in [4.78, 5) is 19.3. The molecular formula is C18H25N3O3. The van der Waals surface area contributed by atoms with Crippen molar-refractivity contribution >= 4 is 5.91 Å². The van der Waals surface area contributed by atoms with E-state index in [4.69, 9.17) is 4.42 Å². The summed E-state index contributed by atoms with van der Waals surface area (Å²) >= 11 is 0. The van der Waals surface area contributed by atoms with Crippen LogP contribution in [0.5, 0.6) is 0 Å². The first-order valence-electron chi connectivity index (χ1n) is 8.39. The quantitative estimate of drug-likeness (QED) is 0.758. The van der Waals surface area contributed by atoms with Crippen LogP contribution in [0.4, 0.5) is 0 Å². The van der Waals surface area contributed by atoms with Gasteiger partial charge in [-0.2, -0.15) is 0 Å². The largest absolute Gasteiger partial charge is 0.443 e. The number of furan rings is 1. The number of piperazine rings is 2. The van der Waals surface area contributed by atoms with Gasteiger partial charge >= 0.3 is 0 Å². The monoisotopic (exact) mass is 331 g/mol. The third-order valence-electron chi connectivity index (χ3n) is 4.49. The van der Waals surface area contributed by atoms with Crippen molar-refractivity contribution in [3.05, 3.63) is 23.7 Å². The lowest BCUT2D eigenvalue weighted by Crippen LogP contribution is -2.62. The van der Waals surface area contributed by atoms with E-state index in [9.17, 15) is 9.90 Å². The number of nitrogens with zero attached hydrogens (tertiary/aromatic N) is 3. The van der Waals surface area contributed by atoms with Crippen LogP contribution in [0.3, 0.4) is 0 Å². The predicted molar refractivity (Wildman–Crippen MR) is 90.6 cm³/mol. The molecule has 2 aliphatic heterocycles. The van der Waals surface area contributed by atoms with Gasteiger partial charge in [0.15, 0.2) is 11.5 Å². The van der Waals surface area contributed by atoms with Crippen molar-refractivity contribution in [1.82, 2.24) is 14.7 Å². The molecule has 0 aliphatic carbocycles. The molecule has 1 N–H and O–H groups in total. The number of aliphatic hydroxyl groups is 1. The maximum Gasteiger partial charge on any atom is 0.289 e. The van der Waals surface area contributed by atoms with Crippen molar-refractivity contribution in [3.63, 3.8) is 0 Å². The maximum atomic E-state index is 12.7. The number of fused-ring (bicyclic) bond motifs is 1. The minimum Gasteiger partial charge on any atom is -0.443 e. The van der Waals surface area contributed by atoms with Crippen molar-refractivity contribution in [2.24, 2.45) is 0 Å². The summed E-state index contributed by atoms with van der Waals surface area (Å²) < 4.78 is 5.55. The molecule has 1 aromatic heterocycles. The van der Waals surface area contributed by atoms with Crippen LogP contribution in [-0.4, -0.2) is 83.7 Å². The molecule has 130 valence electrons. The van der Waals surface area contributed by atoms with Crippen molar-refractivity contribution in [2.75, 3.05) is 46.3 Å². The molecule has 1 amide bonds. The molecule has 0 radical (unpaired) electrons. The molecule has 3 rings (SSSR count). The second kappa shape index (κ2) is 6.60. The van der Waals surface area contributed by atoms with E-state index >= 15 is 0 Å². The molecule has 0 spiro atoms. The van der Waals surface area contributed by atoms with Crippen LogP contribution in [0.15, 0.2) is 16.5 Å². The molecule has 6 heteroatoms. The first kappa shape index (κ1) is 17.0. The molecule has 0 aromatic carbocycles. The molecule has 1 atom stereocenters. The van der Waals surface area contributed by atoms with Gasteiger partial charge in [0.25, 0.3) is 5.91 Å². The molecule has 0 unspecified atom stereocenters. The van der Waals surface area contributed by atoms with E-state index in [1.165, 1.54) is 0 Å². The number of likely N-dealkylation sites (N-methyl/N-ethyl adjacent to an activating group) is 1. The maximum absolute atomic E-state index is 12.7. The minimum absolute atomic E-state index is 0.0841. The Morgan fingerprint density at radius 2 is 2.00 bits per heavy atom. The Labute approximate surface area is 143 Å². The van der Waals surface area contributed by atoms with Gasteiger partial charge in [0.05, 0.1) is 0 Å². The van der Waals surface area contributed by atoms with E-state index in [1.807, 2.05) is 4.90 Å². The normalized spacial score (nSPS) is 22.7. The standard InChI is InChI=1S/C18H25N3O3/c1-18(2,23)7-6-15-4-5-16(24-15)17(22)21-11-10-20-9-8-19(3)12-14(20)13-21/h4-5,14,23H,8-13H2,1-3H3/t14-/m1/s1. The van der Waals surface area contributed by atoms with Crippen molar-refractivity contribution in [3.8, 4) is 11.8 Å². The molecule has 0 saturated carbocycles. The fourth-order valence-electron chi connectivity index (χ4n) is 3.19. The molecule has 1 aromatic rings. The highest BCUT2D eigenvalue weighted by Gasteiger charge is 2.33. The summed E-state index contributed by atoms with van der Waals surface area (Å²) in [5.74, 6) is 6.08. The van der Waals surface area contributed by atoms with Gasteiger partial charge in [-0.15, -0.1) is 0 Å². The van der Waals surface area contributed by atoms with E-state index in [0.717, 1.165) is 39.3 Å². The zero-order chi connectivity index (χ0) is 17.3. The fraction of sp³-hybridized carbons (Fsp3) is 0.611. The van der Waals surface area contributed by atoms with Crippen LogP contribution in [0.2, 0.25) is 0 Å². The third kappa shape index (κ3) is 3.99. The zero-order valence-corrected chi connectivity index (χ0v) is 14.6. The van der Waals surface area contributed by atoms with Crippen molar-refractivity contribution in [1.29, 1.82) is 0 Å². The number of carbonyl (C=O) groups excluding carboxylic acids is 1. The third-order valence-corrected chi connectivity index (χ3v) is 4.49. The van der Waals surface area contributed by atoms with E-state index in [1.54, 1.807) is 26.0 Å². The van der Waals surface area contributed by atoms with Crippen LogP contribution in [0, 0.1) is 11.8 Å². The smallest absolute Gasteiger partial charge is 0.289 e. The Bertz CT molecular complexity index is 665. The molecular weight excluding hydrogens is 306 g/mol. The summed E-state index contributed by atoms with van der Waals surface area (Å²) in [7, 11) is 2.12. The number of amides is 1. The molecule has 2 saturated heterocycles. The SMILES string of the molecule is CN1CCN2CCN(C(=O)c3ccc(C#CC(C)(C)O)o3)C[C@H]2C1. The summed E-state index contributed by atoms with van der Waals surface area (Å²) in [6, 6.07) is 3.73. The zero-order valence-electron chi connectivity index (χ0n) is 14.6. The van der Waals surface area contributed by atoms with Crippen molar-refractivity contribution in [2.45, 2.75) is 25.5 Å². The Balaban J connectivity index is 1.66. The van der Waals surface area contributed by atoms with E-state index in [0.29, 0.717) is 17.6 Å². The number of carbonyl (C=O) groups is 1. The highest BCUT2D eigenvalue weighted by atomic mass is 16.4. The van der Waals surface area contributed by atoms with E-state index in [-0.39, 0.29) is 5.91 Å². The van der Waals surface area contributed by atoms with Crippen LogP contribution in [-0.2, 0) is 0 Å². The number of hydrogen-bond acceptors (Lipinski definition) is 5. The highest BCUT2D eigenvalue weighted by molar-refractivity contribution is 5.91. The van der Waals surface area contributed by atoms with Gasteiger partial charge in [-0.3, -0.25) is 9.69 Å². The lowest BCUT2D eigenvalue weighted by Gasteiger charge is -2.46. The second-order valence-corrected chi connectivity index (χ2v) is 7.18. The highest BCUT2D eigenvalue weighted by Crippen LogP contribution is 2.18. The van der Waals surface area contributed by atoms with Crippen LogP contribution < -0.4 is 0 Å². The summed E-state index contributed by atoms with van der Waals surface area (Å²) in [6.45, 7) is 8.73. The van der Waals surface area contributed by atoms with Crippen LogP contribution in [0.25, 0.3) is 0 Å². The summed E-state index contributed by atoms with van der Waals surface area (Å²) in [5.41, 5.74) is -1.08. The van der Waals surface area contributed by atoms with Crippen LogP contribution >= 0.6 is 0 Å². The molecule has 0 bridgehead atoms. The van der Waals surface area contributed by atoms with Crippen molar-refractivity contribution < 1.29 is 14.3 Å². The Morgan fingerprint density at radius 3 is 2.75 bits per heavy atom. The summed E-state index contributed by atoms with van der Waals surface area (Å²) in [6.07, 6.45) is 0. The Morgan fingerprint density at radius 1 is 1.25 bits per heavy atom. The molecule has 2 aliphatic rings. The van der Waals surface area contributed by atoms with Gasteiger partial charge in [0.2, 0.25) is 0 Å². The predicted octanol–water partition coefficient (Wildman–Crippen LogP) is 0.474. The second-order valence-electron chi connectivity index (χ2n) is 7.18. The topological polar surface area (TPSA) is 60.2 Å². The number of hydrogen-bond donors (Lipinski definition) is 1. The number of rotatable bonds is 1. The summed E-state index contributed by atoms with van der Waals surface area (Å²) in [5, 5.41) is 9.63. The van der Waals surface area contributed by atoms with Gasteiger partial charge < -0.3 is 19.3 Å². The van der Waals surface area contributed by atoms with Gasteiger partial charge in [0.1, 0.15) is 5.60 Å². The Kier molecular flexibility index (Phi) is 4.68. The molecule has 6 nitrogen and oxygen atoms in total. The van der Waals surface area contributed by atoms with Gasteiger partial charge in [-0.05, 0) is 38.9 Å². The van der Waals surface area contributed by atoms with Crippen LogP contribution in [0.1, 0.15) is 30.2 Å². The first-order valence-corrected chi connectivity index (χ1v) is 8.39. The van der Waals surface area contributed by atoms with Gasteiger partial charge in [-0.1, -0.05) is 5.92 Å². The lowest BCUT2D eigenvalue weighted by atomic mass is 10.1. The van der Waals surface area contributed by atoms with Gasteiger partial charge in [-0.25, -0.2) is 0 Å². The van der Waals surface area contributed by atoms with E-state index < -0.39 is 5.60 Å². The molecule has 24 heavy (non-hydrogen) atoms. The Hall–Kier alpha value is -1.81.